The van der Waals surface area contributed by atoms with Crippen molar-refractivity contribution in [3.63, 3.8) is 0 Å². The Hall–Kier alpha value is -2.14. The molecular weight excluding hydrogens is 366 g/mol. The van der Waals surface area contributed by atoms with E-state index in [4.69, 9.17) is 12.2 Å². The number of carbonyl (C=O) groups excluding carboxylic acids is 1. The molecule has 0 aromatic heterocycles. The highest BCUT2D eigenvalue weighted by molar-refractivity contribution is 7.80. The molecule has 0 saturated heterocycles. The molecular formula is C23H35N3OS. The zero-order valence-corrected chi connectivity index (χ0v) is 18.8. The van der Waals surface area contributed by atoms with Gasteiger partial charge in [-0.25, -0.2) is 0 Å². The Labute approximate surface area is 176 Å². The van der Waals surface area contributed by atoms with Gasteiger partial charge in [0.15, 0.2) is 5.11 Å². The molecule has 4 nitrogen and oxygen atoms in total. The van der Waals surface area contributed by atoms with Gasteiger partial charge in [-0.2, -0.15) is 0 Å². The Kier molecular flexibility index (Phi) is 11.2. The quantitative estimate of drug-likeness (QED) is 0.327. The topological polar surface area (TPSA) is 35.6 Å². The summed E-state index contributed by atoms with van der Waals surface area (Å²) in [6, 6.07) is 8.08. The lowest BCUT2D eigenvalue weighted by Gasteiger charge is -2.30. The Morgan fingerprint density at radius 2 is 2.00 bits per heavy atom. The molecule has 28 heavy (non-hydrogen) atoms. The molecule has 1 unspecified atom stereocenters. The fourth-order valence-electron chi connectivity index (χ4n) is 3.10. The van der Waals surface area contributed by atoms with Crippen LogP contribution in [0.4, 0.5) is 5.69 Å². The van der Waals surface area contributed by atoms with Gasteiger partial charge in [0.25, 0.3) is 0 Å². The van der Waals surface area contributed by atoms with Gasteiger partial charge in [0.1, 0.15) is 0 Å². The molecule has 1 amide bonds. The predicted octanol–water partition coefficient (Wildman–Crippen LogP) is 4.85. The zero-order chi connectivity index (χ0) is 20.9. The molecule has 154 valence electrons. The molecule has 1 aromatic carbocycles. The average molecular weight is 402 g/mol. The Morgan fingerprint density at radius 3 is 2.57 bits per heavy atom. The first kappa shape index (κ1) is 23.9. The van der Waals surface area contributed by atoms with E-state index in [1.807, 2.05) is 43.0 Å². The molecule has 0 aliphatic heterocycles. The fraction of sp³-hybridized carbons (Fsp3) is 0.478. The van der Waals surface area contributed by atoms with Crippen molar-refractivity contribution in [2.24, 2.45) is 0 Å². The lowest BCUT2D eigenvalue weighted by atomic mass is 10.1. The number of allylic oxidation sites excluding steroid dienone is 3. The minimum Gasteiger partial charge on any atom is -0.362 e. The molecule has 1 N–H and O–H groups in total. The summed E-state index contributed by atoms with van der Waals surface area (Å²) in [6.45, 7) is 12.8. The molecule has 0 bridgehead atoms. The van der Waals surface area contributed by atoms with Crippen molar-refractivity contribution < 1.29 is 4.79 Å². The van der Waals surface area contributed by atoms with Crippen LogP contribution in [0.1, 0.15) is 46.1 Å². The van der Waals surface area contributed by atoms with E-state index in [0.717, 1.165) is 55.2 Å². The first-order valence-corrected chi connectivity index (χ1v) is 10.5. The van der Waals surface area contributed by atoms with E-state index in [9.17, 15) is 4.79 Å². The number of hydrogen-bond acceptors (Lipinski definition) is 2. The van der Waals surface area contributed by atoms with Crippen LogP contribution in [-0.2, 0) is 4.79 Å². The van der Waals surface area contributed by atoms with Crippen LogP contribution in [0.5, 0.6) is 0 Å². The largest absolute Gasteiger partial charge is 0.362 e. The van der Waals surface area contributed by atoms with Crippen molar-refractivity contribution in [2.75, 3.05) is 24.5 Å². The Balaban J connectivity index is 2.58. The van der Waals surface area contributed by atoms with Gasteiger partial charge < -0.3 is 15.1 Å². The van der Waals surface area contributed by atoms with E-state index in [1.54, 1.807) is 0 Å². The van der Waals surface area contributed by atoms with Gasteiger partial charge >= 0.3 is 0 Å². The smallest absolute Gasteiger partial charge is 0.214 e. The summed E-state index contributed by atoms with van der Waals surface area (Å²) in [5.74, 6) is 0. The number of aryl methyl sites for hydroxylation is 1. The lowest BCUT2D eigenvalue weighted by Crippen LogP contribution is -2.43. The van der Waals surface area contributed by atoms with Crippen LogP contribution in [0.3, 0.4) is 0 Å². The third kappa shape index (κ3) is 7.47. The van der Waals surface area contributed by atoms with Crippen molar-refractivity contribution in [1.29, 1.82) is 0 Å². The summed E-state index contributed by atoms with van der Waals surface area (Å²) in [5, 5.41) is 4.14. The summed E-state index contributed by atoms with van der Waals surface area (Å²) >= 11 is 5.58. The number of thiocarbonyl (C=S) groups is 1. The van der Waals surface area contributed by atoms with Crippen LogP contribution in [0.2, 0.25) is 0 Å². The maximum absolute atomic E-state index is 11.7. The minimum atomic E-state index is 0.0970. The molecule has 0 heterocycles. The number of rotatable bonds is 11. The van der Waals surface area contributed by atoms with Gasteiger partial charge in [0.05, 0.1) is 0 Å². The van der Waals surface area contributed by atoms with Crippen molar-refractivity contribution in [3.05, 3.63) is 53.6 Å². The zero-order valence-electron chi connectivity index (χ0n) is 17.9. The van der Waals surface area contributed by atoms with Crippen LogP contribution in [0.25, 0.3) is 0 Å². The lowest BCUT2D eigenvalue weighted by molar-refractivity contribution is -0.107. The SMILES string of the molecule is C/C=C\C(=C/C)CCNC(=S)N(CC)CCC(C)N(C=O)c1ccccc1C. The summed E-state index contributed by atoms with van der Waals surface area (Å²) < 4.78 is 0. The van der Waals surface area contributed by atoms with Crippen molar-refractivity contribution in [2.45, 2.75) is 53.5 Å². The fourth-order valence-corrected chi connectivity index (χ4v) is 3.42. The second kappa shape index (κ2) is 13.1. The van der Waals surface area contributed by atoms with E-state index in [-0.39, 0.29) is 6.04 Å². The molecule has 1 aromatic rings. The molecule has 0 aliphatic carbocycles. The molecule has 0 radical (unpaired) electrons. The number of nitrogens with zero attached hydrogens (tertiary/aromatic N) is 2. The van der Waals surface area contributed by atoms with Crippen molar-refractivity contribution in [1.82, 2.24) is 10.2 Å². The average Bonchev–Trinajstić information content (AvgIpc) is 2.69. The third-order valence-corrected chi connectivity index (χ3v) is 5.31. The number of amides is 1. The monoisotopic (exact) mass is 401 g/mol. The maximum atomic E-state index is 11.7. The number of anilines is 1. The number of para-hydroxylation sites is 1. The summed E-state index contributed by atoms with van der Waals surface area (Å²) in [4.78, 5) is 15.7. The summed E-state index contributed by atoms with van der Waals surface area (Å²) in [6.07, 6.45) is 9.04. The number of benzene rings is 1. The molecule has 1 atom stereocenters. The number of carbonyl (C=O) groups is 1. The van der Waals surface area contributed by atoms with E-state index in [1.165, 1.54) is 5.57 Å². The Bertz CT molecular complexity index is 684. The highest BCUT2D eigenvalue weighted by Gasteiger charge is 2.17. The maximum Gasteiger partial charge on any atom is 0.214 e. The van der Waals surface area contributed by atoms with Crippen LogP contribution in [-0.4, -0.2) is 42.1 Å². The van der Waals surface area contributed by atoms with Crippen LogP contribution in [0.15, 0.2) is 48.1 Å². The van der Waals surface area contributed by atoms with Gasteiger partial charge in [-0.05, 0) is 71.3 Å². The number of nitrogens with one attached hydrogen (secondary N) is 1. The van der Waals surface area contributed by atoms with E-state index in [0.29, 0.717) is 0 Å². The second-order valence-corrected chi connectivity index (χ2v) is 7.25. The van der Waals surface area contributed by atoms with Crippen molar-refractivity contribution in [3.8, 4) is 0 Å². The molecule has 0 aliphatic rings. The van der Waals surface area contributed by atoms with Crippen LogP contribution >= 0.6 is 12.2 Å². The van der Waals surface area contributed by atoms with Gasteiger partial charge in [0.2, 0.25) is 6.41 Å². The highest BCUT2D eigenvalue weighted by atomic mass is 32.1. The van der Waals surface area contributed by atoms with E-state index >= 15 is 0 Å². The van der Waals surface area contributed by atoms with Gasteiger partial charge in [-0.1, -0.05) is 42.0 Å². The van der Waals surface area contributed by atoms with Gasteiger partial charge in [-0.15, -0.1) is 0 Å². The molecule has 5 heteroatoms. The van der Waals surface area contributed by atoms with E-state index in [2.05, 4.69) is 49.2 Å². The van der Waals surface area contributed by atoms with Gasteiger partial charge in [-0.3, -0.25) is 4.79 Å². The summed E-state index contributed by atoms with van der Waals surface area (Å²) in [5.41, 5.74) is 3.37. The number of hydrogen-bond donors (Lipinski definition) is 1. The molecule has 0 fully saturated rings. The highest BCUT2D eigenvalue weighted by Crippen LogP contribution is 2.21. The molecule has 1 rings (SSSR count). The molecule has 0 saturated carbocycles. The first-order chi connectivity index (χ1) is 13.5. The van der Waals surface area contributed by atoms with E-state index < -0.39 is 0 Å². The molecule has 0 spiro atoms. The van der Waals surface area contributed by atoms with Crippen LogP contribution in [0, 0.1) is 6.92 Å². The van der Waals surface area contributed by atoms with Crippen molar-refractivity contribution >= 4 is 29.4 Å². The first-order valence-electron chi connectivity index (χ1n) is 10.1. The second-order valence-electron chi connectivity index (χ2n) is 6.86. The predicted molar refractivity (Wildman–Crippen MR) is 125 cm³/mol. The normalized spacial score (nSPS) is 12.7. The standard InChI is InChI=1S/C23H35N3OS/c1-6-11-21(7-2)14-16-24-23(28)25(8-3)17-15-20(5)26(18-27)22-13-10-9-12-19(22)4/h6-7,9-13,18,20H,8,14-17H2,1-5H3,(H,24,28)/b11-6-,21-7+. The van der Waals surface area contributed by atoms with Gasteiger partial charge in [0, 0.05) is 31.4 Å². The third-order valence-electron chi connectivity index (χ3n) is 4.91. The Morgan fingerprint density at radius 1 is 1.29 bits per heavy atom. The minimum absolute atomic E-state index is 0.0970. The summed E-state index contributed by atoms with van der Waals surface area (Å²) in [7, 11) is 0. The van der Waals surface area contributed by atoms with Crippen LogP contribution < -0.4 is 10.2 Å².